The van der Waals surface area contributed by atoms with Gasteiger partial charge in [0.1, 0.15) is 11.2 Å². The molecule has 0 fully saturated rings. The number of hydrogen-bond acceptors (Lipinski definition) is 4. The van der Waals surface area contributed by atoms with Crippen molar-refractivity contribution in [3.8, 4) is 0 Å². The monoisotopic (exact) mass is 280 g/mol. The van der Waals surface area contributed by atoms with Gasteiger partial charge in [-0.25, -0.2) is 4.79 Å². The van der Waals surface area contributed by atoms with E-state index in [4.69, 9.17) is 14.5 Å². The van der Waals surface area contributed by atoms with Crippen molar-refractivity contribution in [1.82, 2.24) is 0 Å². The molecule has 0 radical (unpaired) electrons. The highest BCUT2D eigenvalue weighted by molar-refractivity contribution is 5.60. The molecule has 4 nitrogen and oxygen atoms in total. The van der Waals surface area contributed by atoms with Gasteiger partial charge in [0, 0.05) is 0 Å². The summed E-state index contributed by atoms with van der Waals surface area (Å²) in [5.74, 6) is 0. The molecular weight excluding hydrogens is 256 g/mol. The lowest BCUT2D eigenvalue weighted by molar-refractivity contribution is -0.322. The summed E-state index contributed by atoms with van der Waals surface area (Å²) in [5, 5.41) is 0. The van der Waals surface area contributed by atoms with Crippen LogP contribution in [0.3, 0.4) is 0 Å². The van der Waals surface area contributed by atoms with Gasteiger partial charge < -0.3 is 4.74 Å². The number of hydrogen-bond donors (Lipinski definition) is 0. The minimum absolute atomic E-state index is 0.519. The molecule has 1 unspecified atom stereocenters. The van der Waals surface area contributed by atoms with Crippen molar-refractivity contribution in [2.24, 2.45) is 0 Å². The molecule has 0 aliphatic carbocycles. The fraction of sp³-hybridized carbons (Fsp3) is 0.562. The Morgan fingerprint density at radius 3 is 2.15 bits per heavy atom. The first-order valence-corrected chi connectivity index (χ1v) is 6.97. The van der Waals surface area contributed by atoms with Gasteiger partial charge in [0.25, 0.3) is 0 Å². The molecule has 20 heavy (non-hydrogen) atoms. The van der Waals surface area contributed by atoms with Crippen molar-refractivity contribution in [3.05, 3.63) is 35.9 Å². The molecule has 1 rings (SSSR count). The van der Waals surface area contributed by atoms with Crippen molar-refractivity contribution < 1.29 is 19.3 Å². The maximum absolute atomic E-state index is 11.8. The van der Waals surface area contributed by atoms with Crippen LogP contribution in [0.4, 0.5) is 4.79 Å². The molecule has 1 atom stereocenters. The number of ether oxygens (including phenoxy) is 1. The van der Waals surface area contributed by atoms with E-state index in [1.54, 1.807) is 0 Å². The summed E-state index contributed by atoms with van der Waals surface area (Å²) < 4.78 is 5.43. The third-order valence-corrected chi connectivity index (χ3v) is 3.55. The third-order valence-electron chi connectivity index (χ3n) is 3.55. The summed E-state index contributed by atoms with van der Waals surface area (Å²) in [6.07, 6.45) is 0.549. The molecule has 0 aromatic heterocycles. The van der Waals surface area contributed by atoms with E-state index in [1.165, 1.54) is 0 Å². The second-order valence-corrected chi connectivity index (χ2v) is 5.58. The van der Waals surface area contributed by atoms with Crippen molar-refractivity contribution in [2.45, 2.75) is 58.7 Å². The third kappa shape index (κ3) is 4.53. The zero-order chi connectivity index (χ0) is 15.2. The average molecular weight is 280 g/mol. The molecule has 0 N–H and O–H groups in total. The SMILES string of the molecule is CCC(C)(C)OOC(=O)OC(C)(CC)c1ccccc1. The van der Waals surface area contributed by atoms with Crippen LogP contribution in [-0.2, 0) is 20.1 Å². The highest BCUT2D eigenvalue weighted by atomic mass is 17.2. The van der Waals surface area contributed by atoms with Crippen LogP contribution in [0.25, 0.3) is 0 Å². The lowest BCUT2D eigenvalue weighted by atomic mass is 9.93. The van der Waals surface area contributed by atoms with E-state index in [9.17, 15) is 4.79 Å². The van der Waals surface area contributed by atoms with Gasteiger partial charge in [-0.15, -0.1) is 0 Å². The average Bonchev–Trinajstić information content (AvgIpc) is 2.46. The first-order chi connectivity index (χ1) is 9.33. The molecule has 0 saturated heterocycles. The van der Waals surface area contributed by atoms with Gasteiger partial charge in [0.2, 0.25) is 0 Å². The Labute approximate surface area is 121 Å². The predicted molar refractivity (Wildman–Crippen MR) is 77.1 cm³/mol. The second-order valence-electron chi connectivity index (χ2n) is 5.58. The first kappa shape index (κ1) is 16.5. The summed E-state index contributed by atoms with van der Waals surface area (Å²) in [6.45, 7) is 9.45. The summed E-state index contributed by atoms with van der Waals surface area (Å²) in [4.78, 5) is 21.6. The van der Waals surface area contributed by atoms with E-state index in [0.29, 0.717) is 6.42 Å². The molecular formula is C16H24O4. The quantitative estimate of drug-likeness (QED) is 0.434. The van der Waals surface area contributed by atoms with Crippen molar-refractivity contribution in [3.63, 3.8) is 0 Å². The molecule has 112 valence electrons. The summed E-state index contributed by atoms with van der Waals surface area (Å²) >= 11 is 0. The standard InChI is InChI=1S/C16H24O4/c1-6-15(3,4)20-19-14(17)18-16(5,7-2)13-11-9-8-10-12-13/h8-12H,6-7H2,1-5H3. The number of benzene rings is 1. The highest BCUT2D eigenvalue weighted by Crippen LogP contribution is 2.29. The highest BCUT2D eigenvalue weighted by Gasteiger charge is 2.31. The Kier molecular flexibility index (Phi) is 5.57. The van der Waals surface area contributed by atoms with Crippen molar-refractivity contribution >= 4 is 6.16 Å². The topological polar surface area (TPSA) is 44.8 Å². The van der Waals surface area contributed by atoms with E-state index in [-0.39, 0.29) is 0 Å². The minimum Gasteiger partial charge on any atom is -0.421 e. The molecule has 0 bridgehead atoms. The maximum Gasteiger partial charge on any atom is 0.541 e. The van der Waals surface area contributed by atoms with E-state index in [0.717, 1.165) is 12.0 Å². The fourth-order valence-corrected chi connectivity index (χ4v) is 1.53. The van der Waals surface area contributed by atoms with Crippen LogP contribution >= 0.6 is 0 Å². The molecule has 0 amide bonds. The summed E-state index contributed by atoms with van der Waals surface area (Å²) in [5.41, 5.74) is -0.318. The fourth-order valence-electron chi connectivity index (χ4n) is 1.53. The van der Waals surface area contributed by atoms with Crippen LogP contribution in [0.2, 0.25) is 0 Å². The molecule has 0 saturated carbocycles. The van der Waals surface area contributed by atoms with Crippen LogP contribution in [-0.4, -0.2) is 11.8 Å². The zero-order valence-electron chi connectivity index (χ0n) is 12.9. The van der Waals surface area contributed by atoms with Gasteiger partial charge in [-0.3, -0.25) is 4.89 Å². The summed E-state index contributed by atoms with van der Waals surface area (Å²) in [7, 11) is 0. The Morgan fingerprint density at radius 1 is 1.05 bits per heavy atom. The van der Waals surface area contributed by atoms with Crippen molar-refractivity contribution in [2.75, 3.05) is 0 Å². The van der Waals surface area contributed by atoms with E-state index in [1.807, 2.05) is 65.0 Å². The van der Waals surface area contributed by atoms with Gasteiger partial charge in [0.05, 0.1) is 0 Å². The van der Waals surface area contributed by atoms with Gasteiger partial charge >= 0.3 is 6.16 Å². The van der Waals surface area contributed by atoms with Crippen LogP contribution in [0.15, 0.2) is 30.3 Å². The lowest BCUT2D eigenvalue weighted by Gasteiger charge is -2.29. The van der Waals surface area contributed by atoms with Gasteiger partial charge in [0.15, 0.2) is 0 Å². The van der Waals surface area contributed by atoms with Crippen molar-refractivity contribution in [1.29, 1.82) is 0 Å². The van der Waals surface area contributed by atoms with Gasteiger partial charge in [-0.1, -0.05) is 44.2 Å². The molecule has 0 aliphatic rings. The van der Waals surface area contributed by atoms with Crippen LogP contribution in [0, 0.1) is 0 Å². The smallest absolute Gasteiger partial charge is 0.421 e. The zero-order valence-corrected chi connectivity index (χ0v) is 12.9. The van der Waals surface area contributed by atoms with E-state index in [2.05, 4.69) is 0 Å². The van der Waals surface area contributed by atoms with Crippen LogP contribution in [0.1, 0.15) is 53.0 Å². The Bertz CT molecular complexity index is 427. The largest absolute Gasteiger partial charge is 0.541 e. The molecule has 1 aromatic carbocycles. The van der Waals surface area contributed by atoms with Gasteiger partial charge in [-0.2, -0.15) is 4.89 Å². The summed E-state index contributed by atoms with van der Waals surface area (Å²) in [6, 6.07) is 9.59. The number of carbonyl (C=O) groups is 1. The maximum atomic E-state index is 11.8. The molecule has 0 aliphatic heterocycles. The Morgan fingerprint density at radius 2 is 1.65 bits per heavy atom. The molecule has 0 spiro atoms. The first-order valence-electron chi connectivity index (χ1n) is 6.97. The van der Waals surface area contributed by atoms with Crippen LogP contribution < -0.4 is 0 Å². The number of carbonyl (C=O) groups excluding carboxylic acids is 1. The Balaban J connectivity index is 2.67. The number of rotatable bonds is 6. The van der Waals surface area contributed by atoms with Crippen LogP contribution in [0.5, 0.6) is 0 Å². The molecule has 4 heteroatoms. The van der Waals surface area contributed by atoms with Gasteiger partial charge in [-0.05, 0) is 39.2 Å². The minimum atomic E-state index is -0.820. The molecule has 1 aromatic rings. The van der Waals surface area contributed by atoms with E-state index < -0.39 is 17.4 Å². The van der Waals surface area contributed by atoms with E-state index >= 15 is 0 Å². The molecule has 0 heterocycles. The Hall–Kier alpha value is -1.55. The normalized spacial score (nSPS) is 14.4. The predicted octanol–water partition coefficient (Wildman–Crippen LogP) is 4.59. The lowest BCUT2D eigenvalue weighted by Crippen LogP contribution is -2.31. The second kappa shape index (κ2) is 6.75.